The number of carboxylic acid groups (broad SMARTS) is 1. The molecule has 0 atom stereocenters. The van der Waals surface area contributed by atoms with Crippen molar-refractivity contribution in [1.82, 2.24) is 0 Å². The highest BCUT2D eigenvalue weighted by Crippen LogP contribution is 1.96. The van der Waals surface area contributed by atoms with Gasteiger partial charge >= 0.3 is 5.97 Å². The largest absolute Gasteiger partial charge is 1.00 e. The molecule has 4 heteroatoms. The predicted molar refractivity (Wildman–Crippen MR) is 43.7 cm³/mol. The van der Waals surface area contributed by atoms with Gasteiger partial charge in [-0.15, -0.1) is 0 Å². The molecule has 0 fully saturated rings. The van der Waals surface area contributed by atoms with E-state index in [1.807, 2.05) is 32.3 Å². The van der Waals surface area contributed by atoms with Crippen molar-refractivity contribution in [3.8, 4) is 0 Å². The van der Waals surface area contributed by atoms with Crippen LogP contribution in [0, 0.1) is 13.8 Å². The molecule has 0 bridgehead atoms. The summed E-state index contributed by atoms with van der Waals surface area (Å²) in [7, 11) is 0. The molecule has 1 aromatic rings. The van der Waals surface area contributed by atoms with Crippen molar-refractivity contribution in [3.63, 3.8) is 0 Å². The van der Waals surface area contributed by atoms with Crippen molar-refractivity contribution < 1.29 is 26.9 Å². The van der Waals surface area contributed by atoms with E-state index in [2.05, 4.69) is 0 Å². The number of carbonyl (C=O) groups is 1. The van der Waals surface area contributed by atoms with Crippen molar-refractivity contribution in [1.29, 1.82) is 0 Å². The lowest BCUT2D eigenvalue weighted by atomic mass is 10.2. The number of rotatable bonds is 2. The molecule has 13 heavy (non-hydrogen) atoms. The van der Waals surface area contributed by atoms with Crippen LogP contribution in [0.5, 0.6) is 0 Å². The first kappa shape index (κ1) is 11.9. The fourth-order valence-electron chi connectivity index (χ4n) is 1.24. The van der Waals surface area contributed by atoms with Gasteiger partial charge < -0.3 is 17.5 Å². The maximum Gasteiger partial charge on any atom is 0.370 e. The number of nitrogens with zero attached hydrogens (tertiary/aromatic N) is 1. The second-order valence-corrected chi connectivity index (χ2v) is 2.96. The fourth-order valence-corrected chi connectivity index (χ4v) is 1.24. The van der Waals surface area contributed by atoms with Crippen LogP contribution in [0.2, 0.25) is 0 Å². The van der Waals surface area contributed by atoms with Gasteiger partial charge in [-0.25, -0.2) is 4.79 Å². The predicted octanol–water partition coefficient (Wildman–Crippen LogP) is -2.32. The minimum atomic E-state index is -0.815. The zero-order valence-electron chi connectivity index (χ0n) is 7.62. The first-order valence-corrected chi connectivity index (χ1v) is 3.77. The van der Waals surface area contributed by atoms with Gasteiger partial charge in [0.05, 0.1) is 0 Å². The molecule has 0 amide bonds. The zero-order chi connectivity index (χ0) is 9.14. The molecule has 72 valence electrons. The Morgan fingerprint density at radius 2 is 1.85 bits per heavy atom. The monoisotopic (exact) mass is 201 g/mol. The van der Waals surface area contributed by atoms with E-state index in [0.29, 0.717) is 0 Å². The Labute approximate surface area is 83.4 Å². The van der Waals surface area contributed by atoms with E-state index >= 15 is 0 Å². The molecule has 1 N–H and O–H groups in total. The van der Waals surface area contributed by atoms with Crippen molar-refractivity contribution >= 4 is 5.97 Å². The summed E-state index contributed by atoms with van der Waals surface area (Å²) in [4.78, 5) is 10.4. The molecule has 0 aromatic carbocycles. The van der Waals surface area contributed by atoms with Crippen LogP contribution in [0.25, 0.3) is 0 Å². The third-order valence-electron chi connectivity index (χ3n) is 1.51. The molecule has 1 aromatic heterocycles. The third-order valence-corrected chi connectivity index (χ3v) is 1.51. The average Bonchev–Trinajstić information content (AvgIpc) is 1.81. The maximum atomic E-state index is 10.4. The van der Waals surface area contributed by atoms with Crippen molar-refractivity contribution in [2.45, 2.75) is 20.4 Å². The Hall–Kier alpha value is -1.09. The van der Waals surface area contributed by atoms with Crippen LogP contribution in [0.3, 0.4) is 0 Å². The molecule has 0 saturated carbocycles. The van der Waals surface area contributed by atoms with Gasteiger partial charge in [0.15, 0.2) is 12.4 Å². The second-order valence-electron chi connectivity index (χ2n) is 2.96. The number of hydrogen-bond donors (Lipinski definition) is 1. The minimum Gasteiger partial charge on any atom is -1.00 e. The lowest BCUT2D eigenvalue weighted by Crippen LogP contribution is -3.00. The molecule has 1 heterocycles. The van der Waals surface area contributed by atoms with Crippen molar-refractivity contribution in [2.75, 3.05) is 0 Å². The highest BCUT2D eigenvalue weighted by molar-refractivity contribution is 5.64. The van der Waals surface area contributed by atoms with Crippen LogP contribution >= 0.6 is 0 Å². The van der Waals surface area contributed by atoms with E-state index in [1.165, 1.54) is 0 Å². The van der Waals surface area contributed by atoms with Crippen molar-refractivity contribution in [2.24, 2.45) is 0 Å². The highest BCUT2D eigenvalue weighted by Gasteiger charge is 2.07. The number of halogens is 1. The first-order chi connectivity index (χ1) is 5.58. The second kappa shape index (κ2) is 4.82. The fraction of sp³-hybridized carbons (Fsp3) is 0.333. The molecule has 0 aliphatic carbocycles. The van der Waals surface area contributed by atoms with Gasteiger partial charge in [-0.2, -0.15) is 4.57 Å². The zero-order valence-corrected chi connectivity index (χ0v) is 8.38. The first-order valence-electron chi connectivity index (χ1n) is 3.77. The van der Waals surface area contributed by atoms with Gasteiger partial charge in [0.2, 0.25) is 6.54 Å². The Balaban J connectivity index is 0.00000144. The highest BCUT2D eigenvalue weighted by atomic mass is 35.5. The quantitative estimate of drug-likeness (QED) is 0.546. The van der Waals surface area contributed by atoms with E-state index in [0.717, 1.165) is 11.1 Å². The Kier molecular flexibility index (Phi) is 4.42. The summed E-state index contributed by atoms with van der Waals surface area (Å²) in [5, 5.41) is 8.53. The standard InChI is InChI=1S/C9H11NO2.ClH/c1-7-3-8(2)5-10(4-7)6-9(11)12;/h3-5H,6H2,1-2H3;1H. The van der Waals surface area contributed by atoms with Gasteiger partial charge in [0.25, 0.3) is 0 Å². The molecule has 0 unspecified atom stereocenters. The summed E-state index contributed by atoms with van der Waals surface area (Å²) in [5.74, 6) is -0.815. The molecule has 0 saturated heterocycles. The van der Waals surface area contributed by atoms with Crippen LogP contribution < -0.4 is 17.0 Å². The van der Waals surface area contributed by atoms with Crippen molar-refractivity contribution in [3.05, 3.63) is 29.6 Å². The lowest BCUT2D eigenvalue weighted by Gasteiger charge is -1.95. The number of carboxylic acids is 1. The van der Waals surface area contributed by atoms with Gasteiger partial charge in [-0.1, -0.05) is 0 Å². The molecular formula is C9H12ClNO2. The Bertz CT molecular complexity index is 292. The molecule has 0 spiro atoms. The van der Waals surface area contributed by atoms with Gasteiger partial charge in [-0.05, 0) is 19.9 Å². The minimum absolute atomic E-state index is 0. The topological polar surface area (TPSA) is 41.2 Å². The normalized spacial score (nSPS) is 9.08. The molecule has 0 radical (unpaired) electrons. The molecule has 1 rings (SSSR count). The Morgan fingerprint density at radius 1 is 1.38 bits per heavy atom. The van der Waals surface area contributed by atoms with Crippen LogP contribution in [0.1, 0.15) is 11.1 Å². The molecule has 0 aliphatic rings. The van der Waals surface area contributed by atoms with E-state index < -0.39 is 5.97 Å². The van der Waals surface area contributed by atoms with Crippen LogP contribution in [-0.2, 0) is 11.3 Å². The van der Waals surface area contributed by atoms with Crippen LogP contribution in [0.15, 0.2) is 18.5 Å². The van der Waals surface area contributed by atoms with Gasteiger partial charge in [0, 0.05) is 11.1 Å². The lowest BCUT2D eigenvalue weighted by molar-refractivity contribution is -0.686. The van der Waals surface area contributed by atoms with E-state index in [1.54, 1.807) is 4.57 Å². The molecule has 0 aliphatic heterocycles. The molecule has 3 nitrogen and oxygen atoms in total. The summed E-state index contributed by atoms with van der Waals surface area (Å²) < 4.78 is 1.67. The number of aliphatic carboxylic acids is 1. The van der Waals surface area contributed by atoms with E-state index in [9.17, 15) is 4.79 Å². The number of pyridine rings is 1. The summed E-state index contributed by atoms with van der Waals surface area (Å²) in [6.07, 6.45) is 3.64. The van der Waals surface area contributed by atoms with E-state index in [4.69, 9.17) is 5.11 Å². The van der Waals surface area contributed by atoms with Gasteiger partial charge in [-0.3, -0.25) is 0 Å². The van der Waals surface area contributed by atoms with E-state index in [-0.39, 0.29) is 19.0 Å². The average molecular weight is 202 g/mol. The van der Waals surface area contributed by atoms with Gasteiger partial charge in [0.1, 0.15) is 0 Å². The maximum absolute atomic E-state index is 10.4. The Morgan fingerprint density at radius 3 is 2.23 bits per heavy atom. The summed E-state index contributed by atoms with van der Waals surface area (Å²) in [6, 6.07) is 2.01. The smallest absolute Gasteiger partial charge is 0.370 e. The number of hydrogen-bond acceptors (Lipinski definition) is 1. The molecular weight excluding hydrogens is 190 g/mol. The third kappa shape index (κ3) is 3.90. The summed E-state index contributed by atoms with van der Waals surface area (Å²) >= 11 is 0. The summed E-state index contributed by atoms with van der Waals surface area (Å²) in [6.45, 7) is 3.93. The summed E-state index contributed by atoms with van der Waals surface area (Å²) in [5.41, 5.74) is 2.16. The van der Waals surface area contributed by atoms with Crippen LogP contribution in [-0.4, -0.2) is 11.1 Å². The number of aromatic nitrogens is 1. The number of aryl methyl sites for hydroxylation is 2. The SMILES string of the molecule is Cc1cc(C)c[n+](CC(=O)O)c1.[Cl-]. The van der Waals surface area contributed by atoms with Crippen LogP contribution in [0.4, 0.5) is 0 Å².